The van der Waals surface area contributed by atoms with E-state index in [9.17, 15) is 23.1 Å². The summed E-state index contributed by atoms with van der Waals surface area (Å²) in [4.78, 5) is 25.3. The minimum Gasteiger partial charge on any atom is -0.454 e. The highest BCUT2D eigenvalue weighted by molar-refractivity contribution is 7.89. The minimum atomic E-state index is -4.22. The summed E-state index contributed by atoms with van der Waals surface area (Å²) >= 11 is 0. The van der Waals surface area contributed by atoms with E-state index in [1.165, 1.54) is 22.5 Å². The number of sulfonamides is 1. The highest BCUT2D eigenvalue weighted by Crippen LogP contribution is 2.36. The number of aliphatic hydroxyl groups excluding tert-OH is 1. The number of carbonyl (C=O) groups excluding carboxylic acids is 2. The first-order valence-corrected chi connectivity index (χ1v) is 18.0. The molecule has 2 aromatic carbocycles. The van der Waals surface area contributed by atoms with Crippen molar-refractivity contribution in [2.45, 2.75) is 82.5 Å². The van der Waals surface area contributed by atoms with Crippen molar-refractivity contribution in [2.75, 3.05) is 39.6 Å². The van der Waals surface area contributed by atoms with E-state index in [-0.39, 0.29) is 56.4 Å². The molecule has 0 aliphatic carbocycles. The van der Waals surface area contributed by atoms with Crippen molar-refractivity contribution >= 4 is 22.2 Å². The van der Waals surface area contributed by atoms with Gasteiger partial charge in [0.15, 0.2) is 17.8 Å². The molecule has 49 heavy (non-hydrogen) atoms. The van der Waals surface area contributed by atoms with Gasteiger partial charge in [-0.2, -0.15) is 4.31 Å². The van der Waals surface area contributed by atoms with Gasteiger partial charge >= 0.3 is 12.2 Å². The van der Waals surface area contributed by atoms with Crippen LogP contribution < -0.4 is 20.1 Å². The summed E-state index contributed by atoms with van der Waals surface area (Å²) in [6.07, 6.45) is -2.54. The van der Waals surface area contributed by atoms with Gasteiger partial charge in [-0.05, 0) is 56.2 Å². The van der Waals surface area contributed by atoms with Gasteiger partial charge in [-0.25, -0.2) is 18.0 Å². The zero-order chi connectivity index (χ0) is 35.2. The molecule has 3 aliphatic rings. The number of hydrogen-bond acceptors (Lipinski definition) is 11. The van der Waals surface area contributed by atoms with Gasteiger partial charge in [-0.3, -0.25) is 0 Å². The van der Waals surface area contributed by atoms with Crippen LogP contribution in [0.4, 0.5) is 9.59 Å². The van der Waals surface area contributed by atoms with Gasteiger partial charge in [0.1, 0.15) is 6.10 Å². The molecule has 3 heterocycles. The highest BCUT2D eigenvalue weighted by Gasteiger charge is 2.44. The molecule has 5 rings (SSSR count). The van der Waals surface area contributed by atoms with Crippen molar-refractivity contribution in [1.82, 2.24) is 14.9 Å². The van der Waals surface area contributed by atoms with Crippen LogP contribution in [-0.4, -0.2) is 100 Å². The van der Waals surface area contributed by atoms with Crippen molar-refractivity contribution in [3.05, 3.63) is 54.1 Å². The van der Waals surface area contributed by atoms with Gasteiger partial charge < -0.3 is 44.2 Å². The SMILES string of the molecule is CC(C)OC(=O)NCCC(C)(C)CN(C[C@@H](O)[C@H](Cc1ccccc1)NC(=O)O[C@H]1CO[C@H]2OCC[C@H]21)S(=O)(=O)c1ccc2c(c1)OCO2. The van der Waals surface area contributed by atoms with E-state index in [4.69, 9.17) is 28.4 Å². The van der Waals surface area contributed by atoms with Crippen LogP contribution in [0.5, 0.6) is 11.5 Å². The summed E-state index contributed by atoms with van der Waals surface area (Å²) < 4.78 is 62.6. The number of rotatable bonds is 15. The Balaban J connectivity index is 1.35. The number of benzene rings is 2. The quantitative estimate of drug-likeness (QED) is 0.248. The van der Waals surface area contributed by atoms with E-state index in [1.807, 2.05) is 44.2 Å². The second kappa shape index (κ2) is 15.9. The van der Waals surface area contributed by atoms with E-state index < -0.39 is 52.2 Å². The van der Waals surface area contributed by atoms with Crippen LogP contribution >= 0.6 is 0 Å². The van der Waals surface area contributed by atoms with Gasteiger partial charge in [0.25, 0.3) is 0 Å². The Bertz CT molecular complexity index is 1540. The molecule has 0 saturated carbocycles. The number of alkyl carbamates (subject to hydrolysis) is 2. The van der Waals surface area contributed by atoms with Gasteiger partial charge in [-0.15, -0.1) is 0 Å². The van der Waals surface area contributed by atoms with E-state index in [1.54, 1.807) is 13.8 Å². The predicted octanol–water partition coefficient (Wildman–Crippen LogP) is 3.42. The van der Waals surface area contributed by atoms with Gasteiger partial charge in [0.05, 0.1) is 42.3 Å². The fraction of sp³-hybridized carbons (Fsp3) is 0.588. The average molecular weight is 706 g/mol. The molecule has 0 radical (unpaired) electrons. The number of carbonyl (C=O) groups is 2. The summed E-state index contributed by atoms with van der Waals surface area (Å²) in [7, 11) is -4.22. The Hall–Kier alpha value is -3.63. The van der Waals surface area contributed by atoms with Gasteiger partial charge in [0, 0.05) is 25.7 Å². The highest BCUT2D eigenvalue weighted by atomic mass is 32.2. The van der Waals surface area contributed by atoms with Gasteiger partial charge in [0.2, 0.25) is 16.8 Å². The molecule has 15 heteroatoms. The van der Waals surface area contributed by atoms with Crippen LogP contribution in [0, 0.1) is 11.3 Å². The maximum Gasteiger partial charge on any atom is 0.407 e. The van der Waals surface area contributed by atoms with Crippen LogP contribution in [0.2, 0.25) is 0 Å². The lowest BCUT2D eigenvalue weighted by Crippen LogP contribution is -2.52. The minimum absolute atomic E-state index is 0.0211. The number of hydrogen-bond donors (Lipinski definition) is 3. The third-order valence-electron chi connectivity index (χ3n) is 8.70. The molecule has 2 amide bonds. The van der Waals surface area contributed by atoms with Crippen LogP contribution in [0.15, 0.2) is 53.4 Å². The standard InChI is InChI=1S/C34H47N3O11S/c1-22(2)47-32(39)35-14-13-34(3,4)20-37(49(41,42)24-10-11-28-29(17-24)46-21-45-28)18-27(38)26(16-23-8-6-5-7-9-23)36-33(40)48-30-19-44-31-25(30)12-15-43-31/h5-11,17,22,25-27,30-31,38H,12-16,18-21H2,1-4H3,(H,35,39)(H,36,40)/t25-,26-,27+,30-,31+/m0/s1. The molecule has 2 saturated heterocycles. The zero-order valence-electron chi connectivity index (χ0n) is 28.3. The first-order valence-electron chi connectivity index (χ1n) is 16.6. The molecule has 14 nitrogen and oxygen atoms in total. The third kappa shape index (κ3) is 9.75. The first kappa shape index (κ1) is 36.6. The number of aliphatic hydroxyl groups is 1. The molecule has 0 unspecified atom stereocenters. The smallest absolute Gasteiger partial charge is 0.407 e. The largest absolute Gasteiger partial charge is 0.454 e. The molecule has 3 N–H and O–H groups in total. The summed E-state index contributed by atoms with van der Waals surface area (Å²) in [6.45, 7) is 7.80. The predicted molar refractivity (Wildman–Crippen MR) is 176 cm³/mol. The molecular formula is C34H47N3O11S. The number of nitrogens with zero attached hydrogens (tertiary/aromatic N) is 1. The Morgan fingerprint density at radius 2 is 1.82 bits per heavy atom. The lowest BCUT2D eigenvalue weighted by molar-refractivity contribution is -0.0907. The number of ether oxygens (including phenoxy) is 6. The molecule has 5 atom stereocenters. The summed E-state index contributed by atoms with van der Waals surface area (Å²) in [5.74, 6) is 0.652. The molecule has 2 fully saturated rings. The molecule has 0 bridgehead atoms. The lowest BCUT2D eigenvalue weighted by atomic mass is 9.89. The second-order valence-electron chi connectivity index (χ2n) is 13.6. The molecule has 0 aromatic heterocycles. The molecule has 2 aromatic rings. The number of amides is 2. The van der Waals surface area contributed by atoms with E-state index in [0.29, 0.717) is 30.9 Å². The topological polar surface area (TPSA) is 171 Å². The fourth-order valence-electron chi connectivity index (χ4n) is 6.11. The van der Waals surface area contributed by atoms with Crippen molar-refractivity contribution in [2.24, 2.45) is 11.3 Å². The van der Waals surface area contributed by atoms with Crippen molar-refractivity contribution in [1.29, 1.82) is 0 Å². The maximum absolute atomic E-state index is 14.3. The Labute approximate surface area is 287 Å². The van der Waals surface area contributed by atoms with Crippen LogP contribution in [-0.2, 0) is 35.4 Å². The Morgan fingerprint density at radius 3 is 2.57 bits per heavy atom. The van der Waals surface area contributed by atoms with Crippen LogP contribution in [0.1, 0.15) is 46.1 Å². The maximum atomic E-state index is 14.3. The summed E-state index contributed by atoms with van der Waals surface area (Å²) in [5, 5.41) is 17.3. The van der Waals surface area contributed by atoms with Crippen LogP contribution in [0.3, 0.4) is 0 Å². The van der Waals surface area contributed by atoms with E-state index >= 15 is 0 Å². The Kier molecular flexibility index (Phi) is 11.9. The van der Waals surface area contributed by atoms with E-state index in [0.717, 1.165) is 5.56 Å². The molecule has 3 aliphatic heterocycles. The summed E-state index contributed by atoms with van der Waals surface area (Å²) in [6, 6.07) is 12.7. The lowest BCUT2D eigenvalue weighted by Gasteiger charge is -2.35. The monoisotopic (exact) mass is 705 g/mol. The average Bonchev–Trinajstić information content (AvgIpc) is 3.79. The van der Waals surface area contributed by atoms with Crippen molar-refractivity contribution in [3.63, 3.8) is 0 Å². The number of nitrogens with one attached hydrogen (secondary N) is 2. The molecular weight excluding hydrogens is 658 g/mol. The molecule has 0 spiro atoms. The molecule has 270 valence electrons. The Morgan fingerprint density at radius 1 is 1.06 bits per heavy atom. The van der Waals surface area contributed by atoms with Gasteiger partial charge in [-0.1, -0.05) is 44.2 Å². The van der Waals surface area contributed by atoms with Crippen molar-refractivity contribution < 1.29 is 51.5 Å². The van der Waals surface area contributed by atoms with Crippen molar-refractivity contribution in [3.8, 4) is 11.5 Å². The number of fused-ring (bicyclic) bond motifs is 2. The third-order valence-corrected chi connectivity index (χ3v) is 10.5. The van der Waals surface area contributed by atoms with Crippen LogP contribution in [0.25, 0.3) is 0 Å². The fourth-order valence-corrected chi connectivity index (χ4v) is 7.77. The zero-order valence-corrected chi connectivity index (χ0v) is 29.1. The second-order valence-corrected chi connectivity index (χ2v) is 15.5. The normalized spacial score (nSPS) is 21.3. The first-order chi connectivity index (χ1) is 23.3. The summed E-state index contributed by atoms with van der Waals surface area (Å²) in [5.41, 5.74) is 0.155. The van der Waals surface area contributed by atoms with E-state index in [2.05, 4.69) is 10.6 Å².